The van der Waals surface area contributed by atoms with Crippen molar-refractivity contribution in [2.24, 2.45) is 5.14 Å². The minimum absolute atomic E-state index is 0.185. The van der Waals surface area contributed by atoms with E-state index < -0.39 is 11.3 Å². The van der Waals surface area contributed by atoms with Crippen LogP contribution in [0.3, 0.4) is 0 Å². The van der Waals surface area contributed by atoms with E-state index >= 15 is 0 Å². The first kappa shape index (κ1) is 15.0. The van der Waals surface area contributed by atoms with E-state index in [-0.39, 0.29) is 6.10 Å². The Bertz CT molecular complexity index is 404. The first-order chi connectivity index (χ1) is 8.49. The summed E-state index contributed by atoms with van der Waals surface area (Å²) in [7, 11) is 0. The Morgan fingerprint density at radius 2 is 2.22 bits per heavy atom. The third-order valence-corrected chi connectivity index (χ3v) is 2.50. The van der Waals surface area contributed by atoms with Gasteiger partial charge in [-0.3, -0.25) is 9.35 Å². The molecule has 0 radical (unpaired) electrons. The van der Waals surface area contributed by atoms with Crippen molar-refractivity contribution >= 4 is 11.3 Å². The van der Waals surface area contributed by atoms with Crippen LogP contribution in [0, 0.1) is 13.8 Å². The molecule has 0 spiro atoms. The highest BCUT2D eigenvalue weighted by Gasteiger charge is 2.17. The van der Waals surface area contributed by atoms with E-state index in [4.69, 9.17) is 18.2 Å². The van der Waals surface area contributed by atoms with Crippen LogP contribution in [0.2, 0.25) is 0 Å². The Morgan fingerprint density at radius 3 is 2.72 bits per heavy atom. The van der Waals surface area contributed by atoms with Gasteiger partial charge in [0.15, 0.2) is 0 Å². The molecule has 2 heterocycles. The number of ether oxygens (including phenoxy) is 2. The monoisotopic (exact) mass is 273 g/mol. The second kappa shape index (κ2) is 7.42. The molecule has 2 rings (SSSR count). The van der Waals surface area contributed by atoms with E-state index in [0.29, 0.717) is 12.5 Å². The SMILES string of the molecule is Cc1ccc(OC2CCOC2)nc1C.NS(=O)[O-]. The van der Waals surface area contributed by atoms with Crippen LogP contribution in [0.15, 0.2) is 12.1 Å². The molecule has 7 heteroatoms. The zero-order valence-electron chi connectivity index (χ0n) is 10.4. The molecule has 1 fully saturated rings. The number of nitrogens with two attached hydrogens (primary N) is 1. The molecular formula is C11H17N2O4S-. The lowest BCUT2D eigenvalue weighted by atomic mass is 10.2. The molecule has 18 heavy (non-hydrogen) atoms. The molecule has 0 bridgehead atoms. The van der Waals surface area contributed by atoms with Gasteiger partial charge in [0.1, 0.15) is 6.10 Å². The quantitative estimate of drug-likeness (QED) is 0.796. The first-order valence-corrected chi connectivity index (χ1v) is 6.65. The molecule has 1 aromatic rings. The molecule has 2 atom stereocenters. The minimum Gasteiger partial charge on any atom is -0.760 e. The molecule has 1 saturated heterocycles. The van der Waals surface area contributed by atoms with Gasteiger partial charge in [-0.05, 0) is 19.4 Å². The third-order valence-electron chi connectivity index (χ3n) is 2.50. The summed E-state index contributed by atoms with van der Waals surface area (Å²) in [5.41, 5.74) is 2.22. The van der Waals surface area contributed by atoms with E-state index in [1.54, 1.807) is 0 Å². The van der Waals surface area contributed by atoms with Gasteiger partial charge in [0.25, 0.3) is 0 Å². The van der Waals surface area contributed by atoms with Crippen LogP contribution in [0.4, 0.5) is 0 Å². The maximum Gasteiger partial charge on any atom is 0.213 e. The minimum atomic E-state index is -2.36. The lowest BCUT2D eigenvalue weighted by molar-refractivity contribution is 0.138. The highest BCUT2D eigenvalue weighted by Crippen LogP contribution is 2.16. The van der Waals surface area contributed by atoms with E-state index in [9.17, 15) is 0 Å². The zero-order valence-corrected chi connectivity index (χ0v) is 11.2. The Hall–Kier alpha value is -1.02. The van der Waals surface area contributed by atoms with Crippen LogP contribution < -0.4 is 9.88 Å². The fraction of sp³-hybridized carbons (Fsp3) is 0.545. The highest BCUT2D eigenvalue weighted by molar-refractivity contribution is 7.76. The Morgan fingerprint density at radius 1 is 1.56 bits per heavy atom. The van der Waals surface area contributed by atoms with Gasteiger partial charge in [-0.2, -0.15) is 0 Å². The molecule has 2 N–H and O–H groups in total. The summed E-state index contributed by atoms with van der Waals surface area (Å²) in [5, 5.41) is 4.03. The van der Waals surface area contributed by atoms with Crippen molar-refractivity contribution in [3.8, 4) is 5.88 Å². The summed E-state index contributed by atoms with van der Waals surface area (Å²) < 4.78 is 28.5. The first-order valence-electron chi connectivity index (χ1n) is 5.51. The number of hydrogen-bond donors (Lipinski definition) is 1. The molecule has 0 saturated carbocycles. The van der Waals surface area contributed by atoms with Crippen molar-refractivity contribution in [1.29, 1.82) is 0 Å². The van der Waals surface area contributed by atoms with Crippen LogP contribution in [-0.4, -0.2) is 33.1 Å². The summed E-state index contributed by atoms with van der Waals surface area (Å²) in [5.74, 6) is 0.712. The van der Waals surface area contributed by atoms with E-state index in [1.165, 1.54) is 5.56 Å². The summed E-state index contributed by atoms with van der Waals surface area (Å²) in [6.07, 6.45) is 1.15. The van der Waals surface area contributed by atoms with Gasteiger partial charge < -0.3 is 14.0 Å². The standard InChI is InChI=1S/C11H15NO2.H3NO2S/c1-8-3-4-11(12-9(8)2)14-10-5-6-13-7-10;1-4(2)3/h3-4,10H,5-7H2,1-2H3;1H2,(H,2,3)/p-1. The van der Waals surface area contributed by atoms with Crippen molar-refractivity contribution < 1.29 is 18.2 Å². The second-order valence-electron chi connectivity index (χ2n) is 3.92. The number of aryl methyl sites for hydroxylation is 2. The molecule has 1 aliphatic rings. The molecular weight excluding hydrogens is 256 g/mol. The Kier molecular flexibility index (Phi) is 6.20. The molecule has 1 aliphatic heterocycles. The van der Waals surface area contributed by atoms with E-state index in [0.717, 1.165) is 18.7 Å². The van der Waals surface area contributed by atoms with Crippen LogP contribution in [0.5, 0.6) is 5.88 Å². The van der Waals surface area contributed by atoms with Gasteiger partial charge >= 0.3 is 0 Å². The van der Waals surface area contributed by atoms with Crippen molar-refractivity contribution in [2.75, 3.05) is 13.2 Å². The molecule has 1 aromatic heterocycles. The Balaban J connectivity index is 0.000000357. The summed E-state index contributed by atoms with van der Waals surface area (Å²) >= 11 is -2.36. The average molecular weight is 273 g/mol. The van der Waals surface area contributed by atoms with Gasteiger partial charge in [0.2, 0.25) is 5.88 Å². The van der Waals surface area contributed by atoms with Crippen LogP contribution in [0.25, 0.3) is 0 Å². The molecule has 2 unspecified atom stereocenters. The van der Waals surface area contributed by atoms with E-state index in [1.807, 2.05) is 26.0 Å². The van der Waals surface area contributed by atoms with Crippen LogP contribution in [0.1, 0.15) is 17.7 Å². The van der Waals surface area contributed by atoms with Crippen LogP contribution in [-0.2, 0) is 16.0 Å². The van der Waals surface area contributed by atoms with Gasteiger partial charge in [0.05, 0.1) is 13.2 Å². The highest BCUT2D eigenvalue weighted by atomic mass is 32.2. The summed E-state index contributed by atoms with van der Waals surface area (Å²) in [4.78, 5) is 4.36. The van der Waals surface area contributed by atoms with Crippen molar-refractivity contribution in [2.45, 2.75) is 26.4 Å². The predicted molar refractivity (Wildman–Crippen MR) is 66.7 cm³/mol. The predicted octanol–water partition coefficient (Wildman–Crippen LogP) is 0.605. The van der Waals surface area contributed by atoms with E-state index in [2.05, 4.69) is 10.1 Å². The van der Waals surface area contributed by atoms with Crippen molar-refractivity contribution in [1.82, 2.24) is 4.98 Å². The molecule has 0 amide bonds. The van der Waals surface area contributed by atoms with Gasteiger partial charge in [-0.1, -0.05) is 6.07 Å². The van der Waals surface area contributed by atoms with Gasteiger partial charge in [-0.25, -0.2) is 4.98 Å². The molecule has 6 nitrogen and oxygen atoms in total. The number of pyridine rings is 1. The Labute approximate surface area is 109 Å². The number of rotatable bonds is 2. The maximum atomic E-state index is 8.78. The largest absolute Gasteiger partial charge is 0.760 e. The fourth-order valence-electron chi connectivity index (χ4n) is 1.45. The van der Waals surface area contributed by atoms with Crippen molar-refractivity contribution in [3.05, 3.63) is 23.4 Å². The van der Waals surface area contributed by atoms with Gasteiger partial charge in [-0.15, -0.1) is 0 Å². The normalized spacial score (nSPS) is 19.9. The molecule has 102 valence electrons. The maximum absolute atomic E-state index is 8.78. The molecule has 0 aromatic carbocycles. The zero-order chi connectivity index (χ0) is 13.5. The van der Waals surface area contributed by atoms with Crippen LogP contribution >= 0.6 is 0 Å². The number of aromatic nitrogens is 1. The lowest BCUT2D eigenvalue weighted by Crippen LogP contribution is -2.16. The fourth-order valence-corrected chi connectivity index (χ4v) is 1.45. The lowest BCUT2D eigenvalue weighted by Gasteiger charge is -2.11. The average Bonchev–Trinajstić information content (AvgIpc) is 2.75. The molecule has 0 aliphatic carbocycles. The summed E-state index contributed by atoms with van der Waals surface area (Å²) in [6.45, 7) is 5.53. The van der Waals surface area contributed by atoms with Crippen molar-refractivity contribution in [3.63, 3.8) is 0 Å². The smallest absolute Gasteiger partial charge is 0.213 e. The third kappa shape index (κ3) is 5.54. The summed E-state index contributed by atoms with van der Waals surface area (Å²) in [6, 6.07) is 3.95. The topological polar surface area (TPSA) is 97.5 Å². The number of nitrogens with zero attached hydrogens (tertiary/aromatic N) is 1. The van der Waals surface area contributed by atoms with Gasteiger partial charge in [0, 0.05) is 29.4 Å². The second-order valence-corrected chi connectivity index (χ2v) is 4.44. The number of hydrogen-bond acceptors (Lipinski definition) is 5.